The molecule has 0 radical (unpaired) electrons. The first-order valence-electron chi connectivity index (χ1n) is 7.93. The largest absolute Gasteiger partial charge is 0.301 e. The van der Waals surface area contributed by atoms with Crippen molar-refractivity contribution in [1.82, 2.24) is 10.2 Å². The van der Waals surface area contributed by atoms with Crippen LogP contribution in [0.2, 0.25) is 0 Å². The summed E-state index contributed by atoms with van der Waals surface area (Å²) in [6.07, 6.45) is 5.63. The molecular formula is C16H33N3. The van der Waals surface area contributed by atoms with Crippen molar-refractivity contribution < 1.29 is 0 Å². The van der Waals surface area contributed by atoms with Crippen LogP contribution in [0.15, 0.2) is 0 Å². The molecule has 0 aliphatic rings. The summed E-state index contributed by atoms with van der Waals surface area (Å²) in [5.41, 5.74) is -0.381. The van der Waals surface area contributed by atoms with E-state index < -0.39 is 0 Å². The first-order chi connectivity index (χ1) is 9.02. The lowest BCUT2D eigenvalue weighted by Crippen LogP contribution is -2.45. The molecule has 1 N–H and O–H groups in total. The number of nitrogens with one attached hydrogen (secondary N) is 1. The summed E-state index contributed by atoms with van der Waals surface area (Å²) < 4.78 is 0. The minimum atomic E-state index is -0.381. The molecule has 0 aromatic rings. The minimum Gasteiger partial charge on any atom is -0.301 e. The Morgan fingerprint density at radius 1 is 1.21 bits per heavy atom. The molecule has 0 amide bonds. The van der Waals surface area contributed by atoms with Crippen molar-refractivity contribution in [3.63, 3.8) is 0 Å². The highest BCUT2D eigenvalue weighted by atomic mass is 15.1. The highest BCUT2D eigenvalue weighted by Crippen LogP contribution is 2.13. The highest BCUT2D eigenvalue weighted by molar-refractivity contribution is 5.04. The van der Waals surface area contributed by atoms with Crippen LogP contribution in [0.5, 0.6) is 0 Å². The number of nitrogens with zero attached hydrogens (tertiary/aromatic N) is 2. The van der Waals surface area contributed by atoms with Crippen LogP contribution in [-0.2, 0) is 0 Å². The van der Waals surface area contributed by atoms with Gasteiger partial charge in [0.25, 0.3) is 0 Å². The van der Waals surface area contributed by atoms with Gasteiger partial charge in [-0.3, -0.25) is 5.32 Å². The van der Waals surface area contributed by atoms with Crippen LogP contribution in [0.3, 0.4) is 0 Å². The van der Waals surface area contributed by atoms with Gasteiger partial charge in [0.2, 0.25) is 0 Å². The maximum atomic E-state index is 9.37. The molecule has 0 spiro atoms. The second kappa shape index (κ2) is 10.2. The van der Waals surface area contributed by atoms with Gasteiger partial charge in [0.05, 0.1) is 6.07 Å². The van der Waals surface area contributed by atoms with Crippen LogP contribution >= 0.6 is 0 Å². The topological polar surface area (TPSA) is 39.1 Å². The zero-order valence-corrected chi connectivity index (χ0v) is 13.6. The number of hydrogen-bond acceptors (Lipinski definition) is 3. The lowest BCUT2D eigenvalue weighted by molar-refractivity contribution is 0.184. The number of rotatable bonds is 11. The Kier molecular flexibility index (Phi) is 9.91. The zero-order valence-electron chi connectivity index (χ0n) is 13.6. The van der Waals surface area contributed by atoms with Crippen LogP contribution in [0.4, 0.5) is 0 Å². The molecule has 3 heteroatoms. The predicted octanol–water partition coefficient (Wildman–Crippen LogP) is 3.56. The van der Waals surface area contributed by atoms with Crippen molar-refractivity contribution in [2.24, 2.45) is 0 Å². The van der Waals surface area contributed by atoms with Crippen molar-refractivity contribution in [1.29, 1.82) is 5.26 Å². The van der Waals surface area contributed by atoms with E-state index in [0.717, 1.165) is 32.5 Å². The van der Waals surface area contributed by atoms with Gasteiger partial charge in [-0.1, -0.05) is 27.2 Å². The van der Waals surface area contributed by atoms with Crippen molar-refractivity contribution >= 4 is 0 Å². The van der Waals surface area contributed by atoms with E-state index in [2.05, 4.69) is 44.0 Å². The zero-order chi connectivity index (χ0) is 14.7. The minimum absolute atomic E-state index is 0.381. The number of hydrogen-bond donors (Lipinski definition) is 1. The van der Waals surface area contributed by atoms with Crippen LogP contribution in [0.1, 0.15) is 66.7 Å². The summed E-state index contributed by atoms with van der Waals surface area (Å²) >= 11 is 0. The monoisotopic (exact) mass is 267 g/mol. The third kappa shape index (κ3) is 7.54. The van der Waals surface area contributed by atoms with E-state index in [0.29, 0.717) is 6.04 Å². The molecule has 2 atom stereocenters. The first-order valence-corrected chi connectivity index (χ1v) is 7.93. The van der Waals surface area contributed by atoms with E-state index in [1.807, 2.05) is 6.92 Å². The molecule has 0 saturated carbocycles. The van der Waals surface area contributed by atoms with Crippen molar-refractivity contribution in [3.05, 3.63) is 0 Å². The van der Waals surface area contributed by atoms with Gasteiger partial charge in [0.1, 0.15) is 5.54 Å². The maximum absolute atomic E-state index is 9.37. The summed E-state index contributed by atoms with van der Waals surface area (Å²) in [5.74, 6) is 0. The molecular weight excluding hydrogens is 234 g/mol. The fourth-order valence-electron chi connectivity index (χ4n) is 2.12. The Labute approximate surface area is 120 Å². The summed E-state index contributed by atoms with van der Waals surface area (Å²) in [6, 6.07) is 3.06. The number of unbranched alkanes of at least 4 members (excludes halogenated alkanes) is 1. The van der Waals surface area contributed by atoms with E-state index >= 15 is 0 Å². The quantitative estimate of drug-likeness (QED) is 0.622. The second-order valence-corrected chi connectivity index (χ2v) is 5.77. The molecule has 3 nitrogen and oxygen atoms in total. The molecule has 19 heavy (non-hydrogen) atoms. The predicted molar refractivity (Wildman–Crippen MR) is 83.2 cm³/mol. The first kappa shape index (κ1) is 18.4. The van der Waals surface area contributed by atoms with E-state index in [-0.39, 0.29) is 5.54 Å². The van der Waals surface area contributed by atoms with Crippen LogP contribution in [0, 0.1) is 11.3 Å². The lowest BCUT2D eigenvalue weighted by Gasteiger charge is -2.32. The van der Waals surface area contributed by atoms with Gasteiger partial charge in [-0.2, -0.15) is 5.26 Å². The van der Waals surface area contributed by atoms with Gasteiger partial charge in [0.15, 0.2) is 0 Å². The van der Waals surface area contributed by atoms with Crippen molar-refractivity contribution in [2.75, 3.05) is 19.6 Å². The molecule has 0 saturated heterocycles. The standard InChI is InChI=1S/C16H33N3/c1-6-9-12-19(15(4)8-3)13-10-16(5,14-17)18-11-7-2/h15,18H,6-13H2,1-5H3. The molecule has 0 rings (SSSR count). The van der Waals surface area contributed by atoms with Gasteiger partial charge >= 0.3 is 0 Å². The Hall–Kier alpha value is -0.590. The fraction of sp³-hybridized carbons (Fsp3) is 0.938. The van der Waals surface area contributed by atoms with Gasteiger partial charge in [-0.05, 0) is 52.6 Å². The SMILES string of the molecule is CCCCN(CCC(C)(C#N)NCCC)C(C)CC. The average molecular weight is 267 g/mol. The number of nitriles is 1. The lowest BCUT2D eigenvalue weighted by atomic mass is 9.98. The Morgan fingerprint density at radius 3 is 2.37 bits per heavy atom. The molecule has 0 aromatic carbocycles. The van der Waals surface area contributed by atoms with E-state index in [1.165, 1.54) is 19.3 Å². The Balaban J connectivity index is 4.37. The van der Waals surface area contributed by atoms with E-state index in [9.17, 15) is 5.26 Å². The molecule has 0 aliphatic carbocycles. The Morgan fingerprint density at radius 2 is 1.89 bits per heavy atom. The smallest absolute Gasteiger partial charge is 0.105 e. The third-order valence-electron chi connectivity index (χ3n) is 3.92. The molecule has 112 valence electrons. The van der Waals surface area contributed by atoms with Crippen molar-refractivity contribution in [3.8, 4) is 6.07 Å². The highest BCUT2D eigenvalue weighted by Gasteiger charge is 2.24. The normalized spacial score (nSPS) is 16.1. The molecule has 2 unspecified atom stereocenters. The summed E-state index contributed by atoms with van der Waals surface area (Å²) in [7, 11) is 0. The van der Waals surface area contributed by atoms with Gasteiger partial charge < -0.3 is 4.90 Å². The summed E-state index contributed by atoms with van der Waals surface area (Å²) in [6.45, 7) is 14.0. The van der Waals surface area contributed by atoms with Gasteiger partial charge in [-0.15, -0.1) is 0 Å². The maximum Gasteiger partial charge on any atom is 0.105 e. The van der Waals surface area contributed by atoms with E-state index in [4.69, 9.17) is 0 Å². The summed E-state index contributed by atoms with van der Waals surface area (Å²) in [5, 5.41) is 12.7. The van der Waals surface area contributed by atoms with Gasteiger partial charge in [0, 0.05) is 12.6 Å². The van der Waals surface area contributed by atoms with Crippen LogP contribution in [0.25, 0.3) is 0 Å². The van der Waals surface area contributed by atoms with Crippen LogP contribution < -0.4 is 5.32 Å². The molecule has 0 aromatic heterocycles. The Bertz CT molecular complexity index is 259. The van der Waals surface area contributed by atoms with Gasteiger partial charge in [-0.25, -0.2) is 0 Å². The average Bonchev–Trinajstić information content (AvgIpc) is 2.44. The molecule has 0 fully saturated rings. The molecule has 0 bridgehead atoms. The van der Waals surface area contributed by atoms with E-state index in [1.54, 1.807) is 0 Å². The molecule has 0 heterocycles. The fourth-order valence-corrected chi connectivity index (χ4v) is 2.12. The summed E-state index contributed by atoms with van der Waals surface area (Å²) in [4.78, 5) is 2.53. The van der Waals surface area contributed by atoms with Crippen LogP contribution in [-0.4, -0.2) is 36.1 Å². The second-order valence-electron chi connectivity index (χ2n) is 5.77. The third-order valence-corrected chi connectivity index (χ3v) is 3.92. The van der Waals surface area contributed by atoms with Crippen molar-refractivity contribution in [2.45, 2.75) is 78.3 Å². The molecule has 0 aliphatic heterocycles.